The van der Waals surface area contributed by atoms with Crippen molar-refractivity contribution >= 4 is 17.5 Å². The Morgan fingerprint density at radius 1 is 1.15 bits per heavy atom. The first-order chi connectivity index (χ1) is 12.6. The van der Waals surface area contributed by atoms with Gasteiger partial charge < -0.3 is 16.0 Å². The first-order valence-electron chi connectivity index (χ1n) is 8.34. The zero-order valence-corrected chi connectivity index (χ0v) is 13.9. The fourth-order valence-electron chi connectivity index (χ4n) is 2.86. The summed E-state index contributed by atoms with van der Waals surface area (Å²) < 4.78 is 27.4. The number of amides is 2. The van der Waals surface area contributed by atoms with E-state index in [2.05, 4.69) is 26.1 Å². The lowest BCUT2D eigenvalue weighted by molar-refractivity contribution is 0.0940. The lowest BCUT2D eigenvalue weighted by atomic mass is 9.98. The molecule has 0 spiro atoms. The van der Waals surface area contributed by atoms with Gasteiger partial charge in [0, 0.05) is 12.7 Å². The molecule has 138 valence electrons. The molecule has 0 unspecified atom stereocenters. The van der Waals surface area contributed by atoms with Crippen LogP contribution in [0.5, 0.6) is 0 Å². The zero-order chi connectivity index (χ0) is 18.5. The molecule has 7 nitrogen and oxygen atoms in total. The molecule has 1 fully saturated rings. The summed E-state index contributed by atoms with van der Waals surface area (Å²) in [6.07, 6.45) is 3.23. The molecule has 9 heteroatoms. The van der Waals surface area contributed by atoms with Gasteiger partial charge in [0.1, 0.15) is 17.2 Å². The number of rotatable bonds is 5. The second-order valence-electron chi connectivity index (χ2n) is 6.10. The maximum Gasteiger partial charge on any atom is 0.273 e. The average molecular weight is 363 g/mol. The second-order valence-corrected chi connectivity index (χ2v) is 6.10. The molecule has 26 heavy (non-hydrogen) atoms. The number of carbonyl (C=O) groups excluding carboxylic acids is 2. The van der Waals surface area contributed by atoms with E-state index in [1.165, 1.54) is 12.3 Å². The van der Waals surface area contributed by atoms with E-state index >= 15 is 0 Å². The third kappa shape index (κ3) is 4.05. The molecule has 0 radical (unpaired) electrons. The number of hydrogen-bond acceptors (Lipinski definition) is 4. The molecule has 1 saturated heterocycles. The molecule has 0 atom stereocenters. The van der Waals surface area contributed by atoms with E-state index in [0.717, 1.165) is 38.1 Å². The highest BCUT2D eigenvalue weighted by atomic mass is 19.1. The number of carbonyl (C=O) groups is 2. The predicted octanol–water partition coefficient (Wildman–Crippen LogP) is 1.67. The van der Waals surface area contributed by atoms with Crippen LogP contribution in [0.25, 0.3) is 0 Å². The van der Waals surface area contributed by atoms with Gasteiger partial charge in [0.15, 0.2) is 5.69 Å². The first kappa shape index (κ1) is 18.0. The van der Waals surface area contributed by atoms with Crippen molar-refractivity contribution in [2.75, 3.05) is 25.0 Å². The van der Waals surface area contributed by atoms with E-state index in [0.29, 0.717) is 12.5 Å². The molecular weight excluding hydrogens is 344 g/mol. The van der Waals surface area contributed by atoms with Crippen LogP contribution in [0.2, 0.25) is 0 Å². The van der Waals surface area contributed by atoms with Gasteiger partial charge in [-0.3, -0.25) is 14.7 Å². The lowest BCUT2D eigenvalue weighted by Gasteiger charge is -2.22. The van der Waals surface area contributed by atoms with Gasteiger partial charge in [-0.15, -0.1) is 0 Å². The summed E-state index contributed by atoms with van der Waals surface area (Å²) in [5.74, 6) is -3.04. The number of aromatic amines is 1. The number of benzene rings is 1. The van der Waals surface area contributed by atoms with Crippen molar-refractivity contribution in [1.82, 2.24) is 20.8 Å². The van der Waals surface area contributed by atoms with Crippen LogP contribution < -0.4 is 16.0 Å². The maximum atomic E-state index is 13.7. The van der Waals surface area contributed by atoms with Crippen molar-refractivity contribution in [3.05, 3.63) is 47.3 Å². The molecule has 2 amide bonds. The molecule has 1 aliphatic heterocycles. The number of piperidine rings is 1. The Kier molecular flexibility index (Phi) is 5.57. The van der Waals surface area contributed by atoms with Crippen molar-refractivity contribution in [3.63, 3.8) is 0 Å². The van der Waals surface area contributed by atoms with Crippen molar-refractivity contribution in [2.24, 2.45) is 5.92 Å². The molecule has 0 aliphatic carbocycles. The fourth-order valence-corrected chi connectivity index (χ4v) is 2.86. The van der Waals surface area contributed by atoms with Crippen LogP contribution in [0, 0.1) is 17.6 Å². The Morgan fingerprint density at radius 2 is 1.85 bits per heavy atom. The minimum absolute atomic E-state index is 0.0379. The van der Waals surface area contributed by atoms with Gasteiger partial charge in [0.2, 0.25) is 0 Å². The largest absolute Gasteiger partial charge is 0.350 e. The Hall–Kier alpha value is -2.81. The van der Waals surface area contributed by atoms with Crippen LogP contribution in [-0.2, 0) is 0 Å². The monoisotopic (exact) mass is 363 g/mol. The molecular formula is C17H19F2N5O2. The summed E-state index contributed by atoms with van der Waals surface area (Å²) in [6, 6.07) is 3.14. The number of nitrogens with one attached hydrogen (secondary N) is 4. The van der Waals surface area contributed by atoms with Gasteiger partial charge >= 0.3 is 0 Å². The van der Waals surface area contributed by atoms with E-state index in [4.69, 9.17) is 0 Å². The van der Waals surface area contributed by atoms with E-state index in [1.54, 1.807) is 0 Å². The number of aromatic nitrogens is 2. The van der Waals surface area contributed by atoms with Gasteiger partial charge in [-0.25, -0.2) is 8.78 Å². The summed E-state index contributed by atoms with van der Waals surface area (Å²) in [6.45, 7) is 2.33. The molecule has 4 N–H and O–H groups in total. The minimum Gasteiger partial charge on any atom is -0.350 e. The SMILES string of the molecule is O=C(NCC1CCNCC1)c1n[nH]cc1NC(=O)c1c(F)cccc1F. The molecule has 2 aromatic rings. The molecule has 3 rings (SSSR count). The van der Waals surface area contributed by atoms with Gasteiger partial charge in [0.25, 0.3) is 11.8 Å². The van der Waals surface area contributed by atoms with Crippen LogP contribution in [0.1, 0.15) is 33.7 Å². The third-order valence-corrected chi connectivity index (χ3v) is 4.30. The number of halogens is 2. The van der Waals surface area contributed by atoms with Crippen molar-refractivity contribution < 1.29 is 18.4 Å². The minimum atomic E-state index is -0.991. The van der Waals surface area contributed by atoms with Crippen LogP contribution in [0.3, 0.4) is 0 Å². The van der Waals surface area contributed by atoms with Crippen molar-refractivity contribution in [1.29, 1.82) is 0 Å². The van der Waals surface area contributed by atoms with Crippen LogP contribution >= 0.6 is 0 Å². The summed E-state index contributed by atoms with van der Waals surface area (Å²) in [7, 11) is 0. The number of hydrogen-bond donors (Lipinski definition) is 4. The Bertz CT molecular complexity index is 782. The second kappa shape index (κ2) is 8.05. The normalized spacial score (nSPS) is 14.8. The van der Waals surface area contributed by atoms with Crippen LogP contribution in [-0.4, -0.2) is 41.6 Å². The zero-order valence-electron chi connectivity index (χ0n) is 13.9. The van der Waals surface area contributed by atoms with Gasteiger partial charge in [-0.05, 0) is 44.0 Å². The quantitative estimate of drug-likeness (QED) is 0.649. The van der Waals surface area contributed by atoms with Crippen molar-refractivity contribution in [2.45, 2.75) is 12.8 Å². The number of nitrogens with zero attached hydrogens (tertiary/aromatic N) is 1. The van der Waals surface area contributed by atoms with E-state index in [-0.39, 0.29) is 11.4 Å². The number of anilines is 1. The maximum absolute atomic E-state index is 13.7. The highest BCUT2D eigenvalue weighted by Crippen LogP contribution is 2.17. The summed E-state index contributed by atoms with van der Waals surface area (Å²) in [5.41, 5.74) is -0.695. The van der Waals surface area contributed by atoms with Gasteiger partial charge in [0.05, 0.1) is 5.69 Å². The first-order valence-corrected chi connectivity index (χ1v) is 8.34. The predicted molar refractivity (Wildman–Crippen MR) is 90.8 cm³/mol. The van der Waals surface area contributed by atoms with Crippen LogP contribution in [0.15, 0.2) is 24.4 Å². The molecule has 1 aromatic heterocycles. The van der Waals surface area contributed by atoms with Gasteiger partial charge in [-0.2, -0.15) is 5.10 Å². The average Bonchev–Trinajstić information content (AvgIpc) is 3.08. The van der Waals surface area contributed by atoms with Crippen LogP contribution in [0.4, 0.5) is 14.5 Å². The van der Waals surface area contributed by atoms with E-state index in [1.807, 2.05) is 0 Å². The topological polar surface area (TPSA) is 98.9 Å². The number of H-pyrrole nitrogens is 1. The van der Waals surface area contributed by atoms with E-state index < -0.39 is 29.0 Å². The Morgan fingerprint density at radius 3 is 2.54 bits per heavy atom. The molecule has 0 saturated carbocycles. The highest BCUT2D eigenvalue weighted by Gasteiger charge is 2.22. The Balaban J connectivity index is 1.66. The summed E-state index contributed by atoms with van der Waals surface area (Å²) >= 11 is 0. The molecule has 2 heterocycles. The van der Waals surface area contributed by atoms with Gasteiger partial charge in [-0.1, -0.05) is 6.07 Å². The standard InChI is InChI=1S/C17H19F2N5O2/c18-11-2-1-3-12(19)14(11)16(25)23-13-9-22-24-15(13)17(26)21-8-10-4-6-20-7-5-10/h1-3,9-10,20H,4-8H2,(H,21,26)(H,22,24)(H,23,25). The Labute approximate surface area is 148 Å². The highest BCUT2D eigenvalue weighted by molar-refractivity contribution is 6.08. The third-order valence-electron chi connectivity index (χ3n) is 4.30. The van der Waals surface area contributed by atoms with E-state index in [9.17, 15) is 18.4 Å². The smallest absolute Gasteiger partial charge is 0.273 e. The fraction of sp³-hybridized carbons (Fsp3) is 0.353. The molecule has 1 aliphatic rings. The van der Waals surface area contributed by atoms with Crippen molar-refractivity contribution in [3.8, 4) is 0 Å². The summed E-state index contributed by atoms with van der Waals surface area (Å²) in [5, 5.41) is 14.7. The summed E-state index contributed by atoms with van der Waals surface area (Å²) in [4.78, 5) is 24.5. The molecule has 1 aromatic carbocycles. The molecule has 0 bridgehead atoms. The lowest BCUT2D eigenvalue weighted by Crippen LogP contribution is -2.36.